The van der Waals surface area contributed by atoms with Crippen LogP contribution in [0.25, 0.3) is 22.6 Å². The van der Waals surface area contributed by atoms with E-state index in [1.807, 2.05) is 55.5 Å². The molecule has 5 nitrogen and oxygen atoms in total. The average molecular weight is 465 g/mol. The number of aryl methyl sites for hydroxylation is 2. The Balaban J connectivity index is 1.64. The molecule has 0 bridgehead atoms. The zero-order valence-electron chi connectivity index (χ0n) is 17.0. The second-order valence-electron chi connectivity index (χ2n) is 7.01. The first kappa shape index (κ1) is 20.2. The molecule has 0 aliphatic rings. The van der Waals surface area contributed by atoms with Gasteiger partial charge >= 0.3 is 0 Å². The minimum atomic E-state index is -0.251. The van der Waals surface area contributed by atoms with Crippen LogP contribution in [0.2, 0.25) is 0 Å². The summed E-state index contributed by atoms with van der Waals surface area (Å²) in [6.07, 6.45) is 0.943. The molecule has 0 saturated carbocycles. The van der Waals surface area contributed by atoms with Crippen molar-refractivity contribution in [2.75, 3.05) is 12.4 Å². The lowest BCUT2D eigenvalue weighted by Crippen LogP contribution is -2.14. The lowest BCUT2D eigenvalue weighted by Gasteiger charge is -2.13. The number of oxazole rings is 1. The van der Waals surface area contributed by atoms with Gasteiger partial charge in [0.25, 0.3) is 5.91 Å². The number of hydrogen-bond acceptors (Lipinski definition) is 4. The Bertz CT molecular complexity index is 1250. The van der Waals surface area contributed by atoms with Gasteiger partial charge in [-0.3, -0.25) is 4.79 Å². The number of ether oxygens (including phenoxy) is 1. The summed E-state index contributed by atoms with van der Waals surface area (Å²) in [5.74, 6) is 0.821. The van der Waals surface area contributed by atoms with Crippen LogP contribution in [0.3, 0.4) is 0 Å². The zero-order chi connectivity index (χ0) is 21.3. The van der Waals surface area contributed by atoms with Crippen LogP contribution >= 0.6 is 15.9 Å². The normalized spacial score (nSPS) is 10.9. The number of halogens is 1. The van der Waals surface area contributed by atoms with Crippen molar-refractivity contribution in [3.63, 3.8) is 0 Å². The van der Waals surface area contributed by atoms with E-state index in [4.69, 9.17) is 9.15 Å². The Labute approximate surface area is 183 Å². The van der Waals surface area contributed by atoms with E-state index in [1.54, 1.807) is 13.2 Å². The van der Waals surface area contributed by atoms with Gasteiger partial charge in [-0.15, -0.1) is 0 Å². The third-order valence-corrected chi connectivity index (χ3v) is 5.37. The molecule has 0 aliphatic carbocycles. The Morgan fingerprint density at radius 3 is 2.77 bits per heavy atom. The van der Waals surface area contributed by atoms with Gasteiger partial charge in [0.05, 0.1) is 12.7 Å². The van der Waals surface area contributed by atoms with Gasteiger partial charge < -0.3 is 14.5 Å². The van der Waals surface area contributed by atoms with Gasteiger partial charge in [-0.05, 0) is 66.9 Å². The van der Waals surface area contributed by atoms with E-state index < -0.39 is 0 Å². The van der Waals surface area contributed by atoms with Gasteiger partial charge in [0.15, 0.2) is 5.58 Å². The smallest absolute Gasteiger partial charge is 0.259 e. The fraction of sp³-hybridized carbons (Fsp3) is 0.167. The highest BCUT2D eigenvalue weighted by atomic mass is 79.9. The van der Waals surface area contributed by atoms with E-state index in [1.165, 1.54) is 5.56 Å². The molecule has 0 saturated heterocycles. The summed E-state index contributed by atoms with van der Waals surface area (Å²) in [7, 11) is 1.56. The van der Waals surface area contributed by atoms with Crippen LogP contribution in [0, 0.1) is 6.92 Å². The van der Waals surface area contributed by atoms with E-state index >= 15 is 0 Å². The summed E-state index contributed by atoms with van der Waals surface area (Å²) in [6, 6.07) is 17.1. The van der Waals surface area contributed by atoms with Crippen LogP contribution < -0.4 is 10.1 Å². The lowest BCUT2D eigenvalue weighted by molar-refractivity contribution is 0.102. The third-order valence-electron chi connectivity index (χ3n) is 4.92. The number of aromatic nitrogens is 1. The average Bonchev–Trinajstić information content (AvgIpc) is 3.16. The molecule has 1 N–H and O–H groups in total. The molecule has 3 aromatic carbocycles. The second kappa shape index (κ2) is 8.32. The SMILES string of the molecule is CCc1ccc2oc(-c3cccc(NC(=O)c4cc(Br)cc(C)c4OC)c3)nc2c1. The summed E-state index contributed by atoms with van der Waals surface area (Å²) in [6.45, 7) is 4.01. The number of carbonyl (C=O) groups excluding carboxylic acids is 1. The summed E-state index contributed by atoms with van der Waals surface area (Å²) in [5, 5.41) is 2.94. The van der Waals surface area contributed by atoms with Crippen molar-refractivity contribution >= 4 is 38.6 Å². The van der Waals surface area contributed by atoms with Crippen molar-refractivity contribution < 1.29 is 13.9 Å². The standard InChI is InChI=1S/C24H21BrN2O3/c1-4-15-8-9-21-20(11-15)27-24(30-21)16-6-5-7-18(12-16)26-23(28)19-13-17(25)10-14(2)22(19)29-3/h5-13H,4H2,1-3H3,(H,26,28). The van der Waals surface area contributed by atoms with Crippen LogP contribution in [0.1, 0.15) is 28.4 Å². The minimum absolute atomic E-state index is 0.251. The van der Waals surface area contributed by atoms with Gasteiger partial charge in [-0.2, -0.15) is 0 Å². The largest absolute Gasteiger partial charge is 0.496 e. The number of nitrogens with zero attached hydrogens (tertiary/aromatic N) is 1. The van der Waals surface area contributed by atoms with E-state index in [0.717, 1.165) is 33.1 Å². The van der Waals surface area contributed by atoms with Crippen LogP contribution in [0.5, 0.6) is 5.75 Å². The molecule has 1 aromatic heterocycles. The second-order valence-corrected chi connectivity index (χ2v) is 7.93. The molecule has 4 aromatic rings. The van der Waals surface area contributed by atoms with E-state index in [0.29, 0.717) is 22.9 Å². The first-order valence-electron chi connectivity index (χ1n) is 9.64. The molecular weight excluding hydrogens is 444 g/mol. The molecule has 0 radical (unpaired) electrons. The Kier molecular flexibility index (Phi) is 5.59. The number of amides is 1. The molecule has 0 aliphatic heterocycles. The Hall–Kier alpha value is -3.12. The number of fused-ring (bicyclic) bond motifs is 1. The number of methoxy groups -OCH3 is 1. The van der Waals surface area contributed by atoms with Crippen LogP contribution in [0.4, 0.5) is 5.69 Å². The summed E-state index contributed by atoms with van der Waals surface area (Å²) in [5.41, 5.74) is 5.56. The fourth-order valence-electron chi connectivity index (χ4n) is 3.41. The number of hydrogen-bond donors (Lipinski definition) is 1. The summed E-state index contributed by atoms with van der Waals surface area (Å²) < 4.78 is 12.2. The number of benzene rings is 3. The van der Waals surface area contributed by atoms with Gasteiger partial charge in [-0.25, -0.2) is 4.98 Å². The highest BCUT2D eigenvalue weighted by Crippen LogP contribution is 2.30. The van der Waals surface area contributed by atoms with Gasteiger partial charge in [0.2, 0.25) is 5.89 Å². The van der Waals surface area contributed by atoms with Crippen LogP contribution in [-0.4, -0.2) is 18.0 Å². The van der Waals surface area contributed by atoms with Gasteiger partial charge in [-0.1, -0.05) is 35.0 Å². The molecule has 4 rings (SSSR count). The van der Waals surface area contributed by atoms with Gasteiger partial charge in [0.1, 0.15) is 11.3 Å². The molecule has 30 heavy (non-hydrogen) atoms. The molecule has 0 unspecified atom stereocenters. The molecule has 0 spiro atoms. The highest BCUT2D eigenvalue weighted by Gasteiger charge is 2.16. The van der Waals surface area contributed by atoms with Gasteiger partial charge in [0, 0.05) is 15.7 Å². The maximum absolute atomic E-state index is 12.9. The summed E-state index contributed by atoms with van der Waals surface area (Å²) in [4.78, 5) is 17.5. The first-order chi connectivity index (χ1) is 14.5. The maximum atomic E-state index is 12.9. The van der Waals surface area contributed by atoms with Crippen molar-refractivity contribution in [2.24, 2.45) is 0 Å². The van der Waals surface area contributed by atoms with Crippen molar-refractivity contribution in [2.45, 2.75) is 20.3 Å². The van der Waals surface area contributed by atoms with Crippen molar-refractivity contribution in [1.29, 1.82) is 0 Å². The number of nitrogens with one attached hydrogen (secondary N) is 1. The maximum Gasteiger partial charge on any atom is 0.259 e. The molecule has 0 fully saturated rings. The Morgan fingerprint density at radius 1 is 1.17 bits per heavy atom. The molecule has 0 atom stereocenters. The van der Waals surface area contributed by atoms with Crippen LogP contribution in [-0.2, 0) is 6.42 Å². The molecule has 1 heterocycles. The summed E-state index contributed by atoms with van der Waals surface area (Å²) >= 11 is 3.44. The molecule has 6 heteroatoms. The molecular formula is C24H21BrN2O3. The molecule has 1 amide bonds. The first-order valence-corrected chi connectivity index (χ1v) is 10.4. The van der Waals surface area contributed by atoms with Crippen LogP contribution in [0.15, 0.2) is 63.5 Å². The van der Waals surface area contributed by atoms with Crippen molar-refractivity contribution in [1.82, 2.24) is 4.98 Å². The molecule has 152 valence electrons. The fourth-order valence-corrected chi connectivity index (χ4v) is 3.99. The monoisotopic (exact) mass is 464 g/mol. The quantitative estimate of drug-likeness (QED) is 0.371. The predicted molar refractivity (Wildman–Crippen MR) is 122 cm³/mol. The van der Waals surface area contributed by atoms with Crippen molar-refractivity contribution in [3.8, 4) is 17.2 Å². The highest BCUT2D eigenvalue weighted by molar-refractivity contribution is 9.10. The third kappa shape index (κ3) is 3.96. The van der Waals surface area contributed by atoms with E-state index in [2.05, 4.69) is 33.2 Å². The van der Waals surface area contributed by atoms with Crippen molar-refractivity contribution in [3.05, 3.63) is 75.8 Å². The topological polar surface area (TPSA) is 64.4 Å². The number of carbonyl (C=O) groups is 1. The Morgan fingerprint density at radius 2 is 2.00 bits per heavy atom. The zero-order valence-corrected chi connectivity index (χ0v) is 18.5. The van der Waals surface area contributed by atoms with E-state index in [9.17, 15) is 4.79 Å². The number of anilines is 1. The predicted octanol–water partition coefficient (Wildman–Crippen LogP) is 6.39. The minimum Gasteiger partial charge on any atom is -0.496 e. The van der Waals surface area contributed by atoms with E-state index in [-0.39, 0.29) is 5.91 Å². The number of rotatable bonds is 5. The lowest BCUT2D eigenvalue weighted by atomic mass is 10.1.